The lowest BCUT2D eigenvalue weighted by Gasteiger charge is -2.23. The van der Waals surface area contributed by atoms with Gasteiger partial charge in [0.25, 0.3) is 0 Å². The van der Waals surface area contributed by atoms with Crippen LogP contribution in [0.25, 0.3) is 0 Å². The Labute approximate surface area is 99.4 Å². The van der Waals surface area contributed by atoms with Crippen LogP contribution in [0.5, 0.6) is 0 Å². The molecule has 0 unspecified atom stereocenters. The van der Waals surface area contributed by atoms with Crippen molar-refractivity contribution in [2.45, 2.75) is 11.3 Å². The van der Waals surface area contributed by atoms with Gasteiger partial charge in [0, 0.05) is 25.8 Å². The number of thioether (sulfide) groups is 1. The summed E-state index contributed by atoms with van der Waals surface area (Å²) in [6.45, 7) is 3.40. The first kappa shape index (κ1) is 11.6. The van der Waals surface area contributed by atoms with E-state index >= 15 is 0 Å². The van der Waals surface area contributed by atoms with Crippen LogP contribution in [0.15, 0.2) is 17.4 Å². The Balaban J connectivity index is 1.83. The van der Waals surface area contributed by atoms with Gasteiger partial charge in [0.05, 0.1) is 12.7 Å². The highest BCUT2D eigenvalue weighted by Gasteiger charge is 2.12. The number of hydrogen-bond acceptors (Lipinski definition) is 6. The van der Waals surface area contributed by atoms with Gasteiger partial charge >= 0.3 is 0 Å². The minimum Gasteiger partial charge on any atom is -0.374 e. The second-order valence-corrected chi connectivity index (χ2v) is 4.28. The number of aromatic nitrogens is 2. The molecule has 1 atom stereocenters. The lowest BCUT2D eigenvalue weighted by Crippen LogP contribution is -2.42. The zero-order valence-corrected chi connectivity index (χ0v) is 10.1. The minimum atomic E-state index is 0.224. The standard InChI is InChI=1S/C10H16N4OS/c1-16-10-12-3-2-9(14-10)13-7-8-6-11-4-5-15-8/h2-3,8,11H,4-7H2,1H3,(H,12,13,14)/t8-/m0/s1. The first-order valence-corrected chi connectivity index (χ1v) is 6.54. The molecular weight excluding hydrogens is 224 g/mol. The molecule has 88 valence electrons. The van der Waals surface area contributed by atoms with Crippen molar-refractivity contribution >= 4 is 17.6 Å². The minimum absolute atomic E-state index is 0.224. The highest BCUT2D eigenvalue weighted by molar-refractivity contribution is 7.98. The lowest BCUT2D eigenvalue weighted by atomic mass is 10.3. The van der Waals surface area contributed by atoms with E-state index in [0.717, 1.165) is 37.2 Å². The van der Waals surface area contributed by atoms with Gasteiger partial charge in [0.2, 0.25) is 0 Å². The Morgan fingerprint density at radius 2 is 2.62 bits per heavy atom. The van der Waals surface area contributed by atoms with Crippen LogP contribution in [-0.2, 0) is 4.74 Å². The zero-order chi connectivity index (χ0) is 11.2. The van der Waals surface area contributed by atoms with E-state index < -0.39 is 0 Å². The van der Waals surface area contributed by atoms with Gasteiger partial charge in [-0.15, -0.1) is 0 Å². The first-order valence-electron chi connectivity index (χ1n) is 5.31. The largest absolute Gasteiger partial charge is 0.374 e. The van der Waals surface area contributed by atoms with E-state index in [1.165, 1.54) is 11.8 Å². The van der Waals surface area contributed by atoms with Crippen LogP contribution in [0.2, 0.25) is 0 Å². The molecule has 0 bridgehead atoms. The summed E-state index contributed by atoms with van der Waals surface area (Å²) in [4.78, 5) is 8.46. The monoisotopic (exact) mass is 240 g/mol. The number of hydrogen-bond donors (Lipinski definition) is 2. The fourth-order valence-corrected chi connectivity index (χ4v) is 1.86. The predicted octanol–water partition coefficient (Wildman–Crippen LogP) is 0.599. The number of morpholine rings is 1. The van der Waals surface area contributed by atoms with Gasteiger partial charge < -0.3 is 15.4 Å². The molecule has 0 aromatic carbocycles. The maximum atomic E-state index is 5.58. The zero-order valence-electron chi connectivity index (χ0n) is 9.27. The topological polar surface area (TPSA) is 59.1 Å². The summed E-state index contributed by atoms with van der Waals surface area (Å²) < 4.78 is 5.58. The van der Waals surface area contributed by atoms with E-state index in [9.17, 15) is 0 Å². The normalized spacial score (nSPS) is 20.7. The molecule has 1 fully saturated rings. The number of ether oxygens (including phenoxy) is 1. The van der Waals surface area contributed by atoms with Gasteiger partial charge in [-0.1, -0.05) is 11.8 Å². The predicted molar refractivity (Wildman–Crippen MR) is 64.9 cm³/mol. The van der Waals surface area contributed by atoms with E-state index in [1.807, 2.05) is 12.3 Å². The first-order chi connectivity index (χ1) is 7.88. The molecule has 1 aromatic rings. The van der Waals surface area contributed by atoms with Crippen LogP contribution in [0, 0.1) is 0 Å². The Morgan fingerprint density at radius 3 is 3.38 bits per heavy atom. The fourth-order valence-electron chi connectivity index (χ4n) is 1.51. The third kappa shape index (κ3) is 3.33. The maximum Gasteiger partial charge on any atom is 0.189 e. The van der Waals surface area contributed by atoms with Crippen molar-refractivity contribution in [2.24, 2.45) is 0 Å². The summed E-state index contributed by atoms with van der Waals surface area (Å²) in [6.07, 6.45) is 3.95. The van der Waals surface area contributed by atoms with Gasteiger partial charge in [0.15, 0.2) is 5.16 Å². The molecule has 5 nitrogen and oxygen atoms in total. The van der Waals surface area contributed by atoms with Crippen molar-refractivity contribution < 1.29 is 4.74 Å². The lowest BCUT2D eigenvalue weighted by molar-refractivity contribution is 0.0372. The smallest absolute Gasteiger partial charge is 0.189 e. The Hall–Kier alpha value is -0.850. The van der Waals surface area contributed by atoms with Crippen molar-refractivity contribution in [2.75, 3.05) is 37.8 Å². The third-order valence-corrected chi connectivity index (χ3v) is 2.89. The molecule has 1 aromatic heterocycles. The Morgan fingerprint density at radius 1 is 1.69 bits per heavy atom. The summed E-state index contributed by atoms with van der Waals surface area (Å²) in [6, 6.07) is 1.87. The van der Waals surface area contributed by atoms with Crippen molar-refractivity contribution in [1.82, 2.24) is 15.3 Å². The Kier molecular flexibility index (Phi) is 4.38. The molecular formula is C10H16N4OS. The van der Waals surface area contributed by atoms with Gasteiger partial charge in [-0.25, -0.2) is 9.97 Å². The molecule has 6 heteroatoms. The molecule has 2 heterocycles. The molecule has 0 aliphatic carbocycles. The van der Waals surface area contributed by atoms with Crippen molar-refractivity contribution in [3.63, 3.8) is 0 Å². The molecule has 1 aliphatic rings. The Bertz CT molecular complexity index is 330. The van der Waals surface area contributed by atoms with Gasteiger partial charge in [-0.3, -0.25) is 0 Å². The number of nitrogens with one attached hydrogen (secondary N) is 2. The van der Waals surface area contributed by atoms with Gasteiger partial charge in [-0.05, 0) is 12.3 Å². The molecule has 1 saturated heterocycles. The summed E-state index contributed by atoms with van der Waals surface area (Å²) in [7, 11) is 0. The number of anilines is 1. The van der Waals surface area contributed by atoms with E-state index in [0.29, 0.717) is 0 Å². The molecule has 0 amide bonds. The summed E-state index contributed by atoms with van der Waals surface area (Å²) in [5.41, 5.74) is 0. The van der Waals surface area contributed by atoms with Crippen molar-refractivity contribution in [3.8, 4) is 0 Å². The SMILES string of the molecule is CSc1nccc(NC[C@@H]2CNCCO2)n1. The van der Waals surface area contributed by atoms with Crippen LogP contribution in [0.4, 0.5) is 5.82 Å². The van der Waals surface area contributed by atoms with Crippen LogP contribution < -0.4 is 10.6 Å². The van der Waals surface area contributed by atoms with E-state index in [4.69, 9.17) is 4.74 Å². The summed E-state index contributed by atoms with van der Waals surface area (Å²) in [5, 5.41) is 7.34. The second kappa shape index (κ2) is 6.03. The summed E-state index contributed by atoms with van der Waals surface area (Å²) in [5.74, 6) is 0.855. The van der Waals surface area contributed by atoms with Crippen LogP contribution in [0.3, 0.4) is 0 Å². The van der Waals surface area contributed by atoms with Crippen molar-refractivity contribution in [1.29, 1.82) is 0 Å². The van der Waals surface area contributed by atoms with Crippen LogP contribution in [0.1, 0.15) is 0 Å². The van der Waals surface area contributed by atoms with Gasteiger partial charge in [-0.2, -0.15) is 0 Å². The second-order valence-electron chi connectivity index (χ2n) is 3.51. The molecule has 16 heavy (non-hydrogen) atoms. The average molecular weight is 240 g/mol. The van der Waals surface area contributed by atoms with E-state index in [-0.39, 0.29) is 6.10 Å². The number of nitrogens with zero attached hydrogens (tertiary/aromatic N) is 2. The molecule has 0 saturated carbocycles. The summed E-state index contributed by atoms with van der Waals surface area (Å²) >= 11 is 1.54. The van der Waals surface area contributed by atoms with Crippen molar-refractivity contribution in [3.05, 3.63) is 12.3 Å². The fraction of sp³-hybridized carbons (Fsp3) is 0.600. The molecule has 2 N–H and O–H groups in total. The molecule has 1 aliphatic heterocycles. The highest BCUT2D eigenvalue weighted by atomic mass is 32.2. The molecule has 2 rings (SSSR count). The van der Waals surface area contributed by atoms with E-state index in [2.05, 4.69) is 20.6 Å². The molecule has 0 radical (unpaired) electrons. The average Bonchev–Trinajstić information content (AvgIpc) is 2.38. The maximum absolute atomic E-state index is 5.58. The third-order valence-electron chi connectivity index (χ3n) is 2.33. The number of rotatable bonds is 4. The van der Waals surface area contributed by atoms with Crippen LogP contribution >= 0.6 is 11.8 Å². The molecule has 0 spiro atoms. The van der Waals surface area contributed by atoms with Crippen LogP contribution in [-0.4, -0.2) is 48.6 Å². The van der Waals surface area contributed by atoms with E-state index in [1.54, 1.807) is 6.20 Å². The van der Waals surface area contributed by atoms with Gasteiger partial charge in [0.1, 0.15) is 5.82 Å². The highest BCUT2D eigenvalue weighted by Crippen LogP contribution is 2.10. The quantitative estimate of drug-likeness (QED) is 0.593.